The van der Waals surface area contributed by atoms with Gasteiger partial charge in [0, 0.05) is 26.3 Å². The van der Waals surface area contributed by atoms with Crippen LogP contribution in [0.4, 0.5) is 5.00 Å². The number of anilines is 1. The van der Waals surface area contributed by atoms with Crippen molar-refractivity contribution in [3.05, 3.63) is 29.6 Å². The second-order valence-corrected chi connectivity index (χ2v) is 9.18. The summed E-state index contributed by atoms with van der Waals surface area (Å²) in [5.41, 5.74) is 5.47. The fourth-order valence-electron chi connectivity index (χ4n) is 2.71. The molecule has 3 N–H and O–H groups in total. The molecule has 2 aromatic heterocycles. The van der Waals surface area contributed by atoms with Crippen LogP contribution in [-0.4, -0.2) is 47.4 Å². The third-order valence-electron chi connectivity index (χ3n) is 4.06. The van der Waals surface area contributed by atoms with E-state index in [-0.39, 0.29) is 20.5 Å². The Morgan fingerprint density at radius 3 is 2.54 bits per heavy atom. The van der Waals surface area contributed by atoms with Gasteiger partial charge in [-0.05, 0) is 25.0 Å². The van der Waals surface area contributed by atoms with Gasteiger partial charge in [0.05, 0.1) is 5.56 Å². The van der Waals surface area contributed by atoms with Gasteiger partial charge >= 0.3 is 0 Å². The predicted octanol–water partition coefficient (Wildman–Crippen LogP) is 1.01. The molecule has 1 saturated heterocycles. The van der Waals surface area contributed by atoms with Crippen molar-refractivity contribution in [2.45, 2.75) is 23.5 Å². The first kappa shape index (κ1) is 18.5. The van der Waals surface area contributed by atoms with Gasteiger partial charge < -0.3 is 11.1 Å². The van der Waals surface area contributed by atoms with E-state index in [1.807, 2.05) is 0 Å². The number of nitrogens with two attached hydrogens (primary N) is 1. The Balaban J connectivity index is 1.91. The zero-order chi connectivity index (χ0) is 18.9. The summed E-state index contributed by atoms with van der Waals surface area (Å²) in [6.45, 7) is 0.892. The molecule has 3 rings (SSSR count). The average molecular weight is 397 g/mol. The number of sulfonamides is 1. The van der Waals surface area contributed by atoms with E-state index in [0.29, 0.717) is 13.1 Å². The van der Waals surface area contributed by atoms with Crippen LogP contribution >= 0.6 is 11.3 Å². The van der Waals surface area contributed by atoms with E-state index >= 15 is 0 Å². The lowest BCUT2D eigenvalue weighted by Crippen LogP contribution is -2.35. The van der Waals surface area contributed by atoms with E-state index < -0.39 is 21.8 Å². The van der Waals surface area contributed by atoms with E-state index in [0.717, 1.165) is 30.6 Å². The van der Waals surface area contributed by atoms with E-state index in [2.05, 4.69) is 10.4 Å². The van der Waals surface area contributed by atoms with Gasteiger partial charge in [-0.1, -0.05) is 6.42 Å². The van der Waals surface area contributed by atoms with Gasteiger partial charge in [-0.25, -0.2) is 8.42 Å². The molecule has 3 heterocycles. The van der Waals surface area contributed by atoms with E-state index in [9.17, 15) is 18.0 Å². The summed E-state index contributed by atoms with van der Waals surface area (Å²) >= 11 is 0.821. The normalized spacial score (nSPS) is 15.7. The highest BCUT2D eigenvalue weighted by atomic mass is 32.2. The molecule has 2 amide bonds. The molecule has 0 atom stereocenters. The summed E-state index contributed by atoms with van der Waals surface area (Å²) < 4.78 is 28.4. The van der Waals surface area contributed by atoms with Crippen LogP contribution in [-0.2, 0) is 17.1 Å². The summed E-state index contributed by atoms with van der Waals surface area (Å²) in [6, 6.07) is 2.74. The van der Waals surface area contributed by atoms with Crippen LogP contribution in [0.1, 0.15) is 40.1 Å². The number of amides is 2. The third-order valence-corrected chi connectivity index (χ3v) is 7.46. The number of hydrogen-bond donors (Lipinski definition) is 2. The van der Waals surface area contributed by atoms with Crippen LogP contribution < -0.4 is 11.1 Å². The average Bonchev–Trinajstić information content (AvgIpc) is 3.22. The molecule has 1 fully saturated rings. The highest BCUT2D eigenvalue weighted by molar-refractivity contribution is 7.91. The quantitative estimate of drug-likeness (QED) is 0.778. The first-order chi connectivity index (χ1) is 12.3. The molecule has 0 aromatic carbocycles. The molecule has 1 aliphatic rings. The molecule has 0 radical (unpaired) electrons. The van der Waals surface area contributed by atoms with Crippen LogP contribution in [0.25, 0.3) is 0 Å². The largest absolute Gasteiger partial charge is 0.366 e. The number of nitrogens with zero attached hydrogens (tertiary/aromatic N) is 3. The minimum absolute atomic E-state index is 0.00970. The van der Waals surface area contributed by atoms with Crippen molar-refractivity contribution in [2.24, 2.45) is 12.8 Å². The number of hydrogen-bond acceptors (Lipinski definition) is 6. The topological polar surface area (TPSA) is 127 Å². The minimum atomic E-state index is -3.72. The number of carbonyl (C=O) groups excluding carboxylic acids is 2. The number of carbonyl (C=O) groups is 2. The van der Waals surface area contributed by atoms with Crippen LogP contribution in [0.3, 0.4) is 0 Å². The zero-order valence-corrected chi connectivity index (χ0v) is 15.8. The molecule has 0 saturated carbocycles. The fraction of sp³-hybridized carbons (Fsp3) is 0.400. The maximum atomic E-state index is 12.8. The molecule has 140 valence electrons. The lowest BCUT2D eigenvalue weighted by atomic mass is 10.2. The molecular formula is C15H19N5O4S2. The number of aromatic nitrogens is 2. The van der Waals surface area contributed by atoms with Crippen molar-refractivity contribution in [2.75, 3.05) is 18.4 Å². The first-order valence-electron chi connectivity index (χ1n) is 8.04. The molecular weight excluding hydrogens is 378 g/mol. The molecule has 11 heteroatoms. The second-order valence-electron chi connectivity index (χ2n) is 5.97. The van der Waals surface area contributed by atoms with E-state index in [1.54, 1.807) is 13.2 Å². The Morgan fingerprint density at radius 2 is 1.96 bits per heavy atom. The molecule has 26 heavy (non-hydrogen) atoms. The minimum Gasteiger partial charge on any atom is -0.366 e. The highest BCUT2D eigenvalue weighted by Crippen LogP contribution is 2.34. The Labute approximate surface area is 154 Å². The Bertz CT molecular complexity index is 941. The molecule has 2 aromatic rings. The number of nitrogens with one attached hydrogen (secondary N) is 1. The van der Waals surface area contributed by atoms with Crippen LogP contribution in [0.2, 0.25) is 0 Å². The summed E-state index contributed by atoms with van der Waals surface area (Å²) in [7, 11) is -2.05. The van der Waals surface area contributed by atoms with Gasteiger partial charge in [-0.2, -0.15) is 9.40 Å². The highest BCUT2D eigenvalue weighted by Gasteiger charge is 2.30. The second kappa shape index (κ2) is 7.17. The SMILES string of the molecule is Cn1ccc(C(=O)Nc2sc(S(=O)(=O)N3CCCCC3)cc2C(N)=O)n1. The van der Waals surface area contributed by atoms with Gasteiger partial charge in [0.15, 0.2) is 5.69 Å². The number of primary amides is 1. The predicted molar refractivity (Wildman–Crippen MR) is 96.6 cm³/mol. The Hall–Kier alpha value is -2.24. The number of piperidine rings is 1. The molecule has 0 bridgehead atoms. The Morgan fingerprint density at radius 1 is 1.27 bits per heavy atom. The lowest BCUT2D eigenvalue weighted by Gasteiger charge is -2.25. The van der Waals surface area contributed by atoms with Crippen molar-refractivity contribution < 1.29 is 18.0 Å². The Kier molecular flexibility index (Phi) is 5.12. The third kappa shape index (κ3) is 3.64. The van der Waals surface area contributed by atoms with Crippen molar-refractivity contribution in [1.29, 1.82) is 0 Å². The first-order valence-corrected chi connectivity index (χ1v) is 10.3. The van der Waals surface area contributed by atoms with Gasteiger partial charge in [-0.3, -0.25) is 14.3 Å². The van der Waals surface area contributed by atoms with Gasteiger partial charge in [0.2, 0.25) is 0 Å². The molecule has 0 unspecified atom stereocenters. The smallest absolute Gasteiger partial charge is 0.276 e. The zero-order valence-electron chi connectivity index (χ0n) is 14.1. The van der Waals surface area contributed by atoms with Crippen LogP contribution in [0.15, 0.2) is 22.5 Å². The maximum absolute atomic E-state index is 12.8. The molecule has 9 nitrogen and oxygen atoms in total. The van der Waals surface area contributed by atoms with Gasteiger partial charge in [0.25, 0.3) is 21.8 Å². The molecule has 1 aliphatic heterocycles. The van der Waals surface area contributed by atoms with Crippen LogP contribution in [0, 0.1) is 0 Å². The van der Waals surface area contributed by atoms with Crippen molar-refractivity contribution >= 4 is 38.2 Å². The monoisotopic (exact) mass is 397 g/mol. The summed E-state index contributed by atoms with van der Waals surface area (Å²) in [6.07, 6.45) is 4.20. The maximum Gasteiger partial charge on any atom is 0.276 e. The lowest BCUT2D eigenvalue weighted by molar-refractivity contribution is 0.100. The van der Waals surface area contributed by atoms with E-state index in [4.69, 9.17) is 5.73 Å². The number of thiophene rings is 1. The van der Waals surface area contributed by atoms with Crippen LogP contribution in [0.5, 0.6) is 0 Å². The number of aryl methyl sites for hydroxylation is 1. The summed E-state index contributed by atoms with van der Waals surface area (Å²) in [4.78, 5) is 24.0. The molecule has 0 aliphatic carbocycles. The summed E-state index contributed by atoms with van der Waals surface area (Å²) in [5, 5.41) is 6.61. The summed E-state index contributed by atoms with van der Waals surface area (Å²) in [5.74, 6) is -1.35. The van der Waals surface area contributed by atoms with Crippen molar-refractivity contribution in [3.8, 4) is 0 Å². The van der Waals surface area contributed by atoms with E-state index in [1.165, 1.54) is 21.1 Å². The fourth-order valence-corrected chi connectivity index (χ4v) is 5.75. The molecule has 0 spiro atoms. The number of rotatable bonds is 5. The van der Waals surface area contributed by atoms with Gasteiger partial charge in [-0.15, -0.1) is 11.3 Å². The van der Waals surface area contributed by atoms with Crippen molar-refractivity contribution in [1.82, 2.24) is 14.1 Å². The standard InChI is InChI=1S/C15H19N5O4S2/c1-19-8-5-11(18-19)14(22)17-15-10(13(16)21)9-12(25-15)26(23,24)20-6-3-2-4-7-20/h5,8-9H,2-4,6-7H2,1H3,(H2,16,21)(H,17,22). The van der Waals surface area contributed by atoms with Gasteiger partial charge in [0.1, 0.15) is 9.21 Å². The van der Waals surface area contributed by atoms with Crippen molar-refractivity contribution in [3.63, 3.8) is 0 Å².